The van der Waals surface area contributed by atoms with Gasteiger partial charge in [-0.1, -0.05) is 0 Å². The standard InChI is InChI=1S/C12H15FN4O4/c1-21-8(4-18)10(20)7(19)3-17-2-6(13)9-11(14)15-5-16-12(9)17/h2-3,5,8,10,18-20H,4H2,1H3,(H2,14,15,16)/b7-3+/t8?,10-/m1/s1. The van der Waals surface area contributed by atoms with E-state index in [9.17, 15) is 14.6 Å². The highest BCUT2D eigenvalue weighted by Gasteiger charge is 2.22. The second-order valence-corrected chi connectivity index (χ2v) is 4.30. The van der Waals surface area contributed by atoms with Gasteiger partial charge in [0.1, 0.15) is 30.1 Å². The lowest BCUT2D eigenvalue weighted by molar-refractivity contribution is -0.0388. The van der Waals surface area contributed by atoms with E-state index < -0.39 is 30.4 Å². The fraction of sp³-hybridized carbons (Fsp3) is 0.333. The summed E-state index contributed by atoms with van der Waals surface area (Å²) in [5, 5.41) is 28.7. The van der Waals surface area contributed by atoms with E-state index in [1.165, 1.54) is 7.11 Å². The highest BCUT2D eigenvalue weighted by atomic mass is 19.1. The number of methoxy groups -OCH3 is 1. The van der Waals surface area contributed by atoms with Crippen LogP contribution in [0.3, 0.4) is 0 Å². The summed E-state index contributed by atoms with van der Waals surface area (Å²) in [7, 11) is 1.27. The minimum absolute atomic E-state index is 0.0153. The summed E-state index contributed by atoms with van der Waals surface area (Å²) in [5.41, 5.74) is 5.70. The summed E-state index contributed by atoms with van der Waals surface area (Å²) >= 11 is 0. The molecule has 2 aromatic heterocycles. The number of ether oxygens (including phenoxy) is 1. The summed E-state index contributed by atoms with van der Waals surface area (Å²) in [6.07, 6.45) is 0.775. The lowest BCUT2D eigenvalue weighted by atomic mass is 10.2. The molecule has 0 aliphatic rings. The molecule has 0 radical (unpaired) electrons. The van der Waals surface area contributed by atoms with Gasteiger partial charge in [-0.15, -0.1) is 0 Å². The van der Waals surface area contributed by atoms with Gasteiger partial charge in [-0.05, 0) is 0 Å². The molecule has 0 fully saturated rings. The number of nitrogens with zero attached hydrogens (tertiary/aromatic N) is 3. The van der Waals surface area contributed by atoms with Gasteiger partial charge >= 0.3 is 0 Å². The Morgan fingerprint density at radius 3 is 2.90 bits per heavy atom. The number of aliphatic hydroxyl groups excluding tert-OH is 3. The maximum atomic E-state index is 13.8. The topological polar surface area (TPSA) is 127 Å². The smallest absolute Gasteiger partial charge is 0.154 e. The molecule has 2 rings (SSSR count). The summed E-state index contributed by atoms with van der Waals surface area (Å²) in [6, 6.07) is 0. The van der Waals surface area contributed by atoms with Gasteiger partial charge in [0.25, 0.3) is 0 Å². The second-order valence-electron chi connectivity index (χ2n) is 4.30. The molecule has 0 amide bonds. The Morgan fingerprint density at radius 2 is 2.29 bits per heavy atom. The molecule has 2 aromatic rings. The van der Waals surface area contributed by atoms with Crippen LogP contribution in [-0.2, 0) is 4.74 Å². The molecule has 114 valence electrons. The van der Waals surface area contributed by atoms with Gasteiger partial charge in [-0.3, -0.25) is 0 Å². The SMILES string of the molecule is COC(CO)[C@H](O)/C(O)=C\n1cc(F)c2c(N)ncnc21. The molecule has 0 aliphatic heterocycles. The van der Waals surface area contributed by atoms with Gasteiger partial charge in [-0.2, -0.15) is 0 Å². The molecule has 2 atom stereocenters. The number of hydrogen-bond donors (Lipinski definition) is 4. The number of nitrogens with two attached hydrogens (primary N) is 1. The van der Waals surface area contributed by atoms with E-state index >= 15 is 0 Å². The molecule has 21 heavy (non-hydrogen) atoms. The molecule has 2 heterocycles. The second kappa shape index (κ2) is 6.04. The quantitative estimate of drug-likeness (QED) is 0.567. The number of anilines is 1. The van der Waals surface area contributed by atoms with Gasteiger partial charge in [0.15, 0.2) is 11.5 Å². The zero-order chi connectivity index (χ0) is 15.6. The molecular weight excluding hydrogens is 283 g/mol. The van der Waals surface area contributed by atoms with Crippen LogP contribution in [-0.4, -0.2) is 55.8 Å². The predicted octanol–water partition coefficient (Wildman–Crippen LogP) is -0.123. The number of nitrogen functional groups attached to an aromatic ring is 1. The third-order valence-corrected chi connectivity index (χ3v) is 3.00. The van der Waals surface area contributed by atoms with E-state index in [0.717, 1.165) is 23.3 Å². The van der Waals surface area contributed by atoms with Crippen LogP contribution in [0.1, 0.15) is 0 Å². The van der Waals surface area contributed by atoms with Gasteiger partial charge < -0.3 is 30.4 Å². The first-order valence-electron chi connectivity index (χ1n) is 5.98. The molecule has 0 saturated heterocycles. The van der Waals surface area contributed by atoms with E-state index in [0.29, 0.717) is 0 Å². The van der Waals surface area contributed by atoms with E-state index in [2.05, 4.69) is 9.97 Å². The number of aliphatic hydroxyl groups is 3. The van der Waals surface area contributed by atoms with Crippen LogP contribution in [0.4, 0.5) is 10.2 Å². The Hall–Kier alpha value is -2.23. The molecule has 0 aromatic carbocycles. The van der Waals surface area contributed by atoms with Crippen molar-refractivity contribution in [1.29, 1.82) is 0 Å². The van der Waals surface area contributed by atoms with Crippen molar-refractivity contribution >= 4 is 23.1 Å². The summed E-state index contributed by atoms with van der Waals surface area (Å²) in [5.74, 6) is -1.22. The van der Waals surface area contributed by atoms with Crippen molar-refractivity contribution in [3.8, 4) is 0 Å². The lowest BCUT2D eigenvalue weighted by Crippen LogP contribution is -2.33. The first kappa shape index (κ1) is 15.2. The van der Waals surface area contributed by atoms with Crippen LogP contribution in [0.2, 0.25) is 0 Å². The molecule has 0 spiro atoms. The Bertz CT molecular complexity index is 669. The van der Waals surface area contributed by atoms with Crippen molar-refractivity contribution in [2.24, 2.45) is 0 Å². The number of halogens is 1. The van der Waals surface area contributed by atoms with E-state index in [1.54, 1.807) is 0 Å². The largest absolute Gasteiger partial charge is 0.508 e. The van der Waals surface area contributed by atoms with Gasteiger partial charge in [0.05, 0.1) is 18.2 Å². The molecule has 5 N–H and O–H groups in total. The van der Waals surface area contributed by atoms with Gasteiger partial charge in [0, 0.05) is 13.3 Å². The Labute approximate surface area is 118 Å². The molecule has 8 nitrogen and oxygen atoms in total. The van der Waals surface area contributed by atoms with Gasteiger partial charge in [-0.25, -0.2) is 14.4 Å². The number of hydrogen-bond acceptors (Lipinski definition) is 7. The fourth-order valence-corrected chi connectivity index (χ4v) is 1.87. The van der Waals surface area contributed by atoms with Crippen LogP contribution in [0, 0.1) is 5.82 Å². The zero-order valence-electron chi connectivity index (χ0n) is 11.1. The normalized spacial score (nSPS) is 15.3. The Morgan fingerprint density at radius 1 is 1.57 bits per heavy atom. The monoisotopic (exact) mass is 298 g/mol. The Kier molecular flexibility index (Phi) is 4.36. The lowest BCUT2D eigenvalue weighted by Gasteiger charge is -2.18. The molecule has 0 saturated carbocycles. The Balaban J connectivity index is 2.43. The van der Waals surface area contributed by atoms with Crippen molar-refractivity contribution in [3.05, 3.63) is 24.1 Å². The van der Waals surface area contributed by atoms with Gasteiger partial charge in [0.2, 0.25) is 0 Å². The van der Waals surface area contributed by atoms with Crippen LogP contribution in [0.25, 0.3) is 17.2 Å². The van der Waals surface area contributed by atoms with Crippen molar-refractivity contribution in [1.82, 2.24) is 14.5 Å². The average molecular weight is 298 g/mol. The van der Waals surface area contributed by atoms with E-state index in [-0.39, 0.29) is 16.9 Å². The highest BCUT2D eigenvalue weighted by Crippen LogP contribution is 2.23. The summed E-state index contributed by atoms with van der Waals surface area (Å²) in [4.78, 5) is 7.55. The van der Waals surface area contributed by atoms with E-state index in [1.807, 2.05) is 0 Å². The third-order valence-electron chi connectivity index (χ3n) is 3.00. The number of rotatable bonds is 5. The van der Waals surface area contributed by atoms with Crippen LogP contribution < -0.4 is 5.73 Å². The predicted molar refractivity (Wildman–Crippen MR) is 72.7 cm³/mol. The number of fused-ring (bicyclic) bond motifs is 1. The highest BCUT2D eigenvalue weighted by molar-refractivity contribution is 5.88. The summed E-state index contributed by atoms with van der Waals surface area (Å²) in [6.45, 7) is -0.495. The number of aromatic nitrogens is 3. The molecule has 1 unspecified atom stereocenters. The van der Waals surface area contributed by atoms with Crippen molar-refractivity contribution in [2.45, 2.75) is 12.2 Å². The van der Waals surface area contributed by atoms with Crippen LogP contribution >= 0.6 is 0 Å². The maximum absolute atomic E-state index is 13.8. The first-order chi connectivity index (χ1) is 9.99. The minimum atomic E-state index is -1.47. The fourth-order valence-electron chi connectivity index (χ4n) is 1.87. The minimum Gasteiger partial charge on any atom is -0.508 e. The van der Waals surface area contributed by atoms with Crippen LogP contribution in [0.15, 0.2) is 18.3 Å². The molecule has 9 heteroatoms. The van der Waals surface area contributed by atoms with Crippen molar-refractivity contribution < 1.29 is 24.4 Å². The molecule has 0 bridgehead atoms. The maximum Gasteiger partial charge on any atom is 0.154 e. The van der Waals surface area contributed by atoms with E-state index in [4.69, 9.17) is 15.6 Å². The third kappa shape index (κ3) is 2.79. The van der Waals surface area contributed by atoms with Crippen LogP contribution in [0.5, 0.6) is 0 Å². The summed E-state index contributed by atoms with van der Waals surface area (Å²) < 4.78 is 19.8. The van der Waals surface area contributed by atoms with Crippen molar-refractivity contribution in [3.63, 3.8) is 0 Å². The van der Waals surface area contributed by atoms with Crippen molar-refractivity contribution in [2.75, 3.05) is 19.5 Å². The average Bonchev–Trinajstić information content (AvgIpc) is 2.77. The molecular formula is C12H15FN4O4. The molecule has 0 aliphatic carbocycles. The zero-order valence-corrected chi connectivity index (χ0v) is 11.1. The first-order valence-corrected chi connectivity index (χ1v) is 5.98.